The number of halogens is 1. The van der Waals surface area contributed by atoms with Crippen LogP contribution in [0.15, 0.2) is 23.1 Å². The van der Waals surface area contributed by atoms with Crippen molar-refractivity contribution < 1.29 is 22.3 Å². The summed E-state index contributed by atoms with van der Waals surface area (Å²) in [6.45, 7) is 2.19. The van der Waals surface area contributed by atoms with Gasteiger partial charge in [0, 0.05) is 20.1 Å². The Morgan fingerprint density at radius 3 is 2.70 bits per heavy atom. The van der Waals surface area contributed by atoms with Crippen molar-refractivity contribution in [2.75, 3.05) is 19.0 Å². The zero-order valence-electron chi connectivity index (χ0n) is 11.2. The second-order valence-electron chi connectivity index (χ2n) is 4.50. The lowest BCUT2D eigenvalue weighted by Gasteiger charge is -2.12. The number of benzene rings is 1. The van der Waals surface area contributed by atoms with E-state index in [2.05, 4.69) is 5.32 Å². The molecule has 0 aliphatic carbocycles. The summed E-state index contributed by atoms with van der Waals surface area (Å²) in [5, 5.41) is 7.36. The Morgan fingerprint density at radius 1 is 1.50 bits per heavy atom. The van der Waals surface area contributed by atoms with Crippen LogP contribution in [0, 0.1) is 11.7 Å². The van der Waals surface area contributed by atoms with Gasteiger partial charge >= 0.3 is 0 Å². The largest absolute Gasteiger partial charge is 0.384 e. The molecule has 3 N–H and O–H groups in total. The average molecular weight is 304 g/mol. The molecule has 0 heterocycles. The molecule has 0 fully saturated rings. The van der Waals surface area contributed by atoms with Gasteiger partial charge in [0.1, 0.15) is 10.7 Å². The number of methoxy groups -OCH3 is 1. The van der Waals surface area contributed by atoms with Crippen molar-refractivity contribution in [2.24, 2.45) is 11.1 Å². The number of anilines is 1. The first-order chi connectivity index (χ1) is 9.24. The van der Waals surface area contributed by atoms with Crippen LogP contribution in [0.25, 0.3) is 0 Å². The van der Waals surface area contributed by atoms with Crippen LogP contribution in [0.5, 0.6) is 0 Å². The van der Waals surface area contributed by atoms with E-state index >= 15 is 0 Å². The first-order valence-corrected chi connectivity index (χ1v) is 7.39. The maximum Gasteiger partial charge on any atom is 0.240 e. The Bertz CT molecular complexity index is 589. The molecule has 112 valence electrons. The minimum Gasteiger partial charge on any atom is -0.384 e. The molecule has 20 heavy (non-hydrogen) atoms. The summed E-state index contributed by atoms with van der Waals surface area (Å²) in [6, 6.07) is 2.89. The molecule has 6 nitrogen and oxygen atoms in total. The van der Waals surface area contributed by atoms with Gasteiger partial charge in [0.25, 0.3) is 0 Å². The molecule has 1 atom stereocenters. The quantitative estimate of drug-likeness (QED) is 0.821. The van der Waals surface area contributed by atoms with Crippen LogP contribution in [0.3, 0.4) is 0 Å². The van der Waals surface area contributed by atoms with E-state index in [-0.39, 0.29) is 22.9 Å². The average Bonchev–Trinajstić information content (AvgIpc) is 2.26. The Hall–Kier alpha value is -1.51. The first kappa shape index (κ1) is 16.5. The molecule has 0 bridgehead atoms. The van der Waals surface area contributed by atoms with Crippen molar-refractivity contribution in [3.05, 3.63) is 24.0 Å². The number of carbonyl (C=O) groups excluding carboxylic acids is 1. The number of hydrogen-bond acceptors (Lipinski definition) is 4. The molecule has 8 heteroatoms. The van der Waals surface area contributed by atoms with Gasteiger partial charge < -0.3 is 10.1 Å². The van der Waals surface area contributed by atoms with Crippen LogP contribution in [-0.4, -0.2) is 28.0 Å². The van der Waals surface area contributed by atoms with Crippen molar-refractivity contribution in [3.63, 3.8) is 0 Å². The molecule has 1 rings (SSSR count). The van der Waals surface area contributed by atoms with Gasteiger partial charge in [-0.15, -0.1) is 0 Å². The molecule has 0 saturated heterocycles. The molecular formula is C12H17FN2O4S. The number of primary sulfonamides is 1. The van der Waals surface area contributed by atoms with Gasteiger partial charge in [-0.3, -0.25) is 4.79 Å². The van der Waals surface area contributed by atoms with Crippen LogP contribution in [0.1, 0.15) is 13.3 Å². The minimum absolute atomic E-state index is 0.0495. The van der Waals surface area contributed by atoms with Gasteiger partial charge in [0.05, 0.1) is 5.69 Å². The van der Waals surface area contributed by atoms with Crippen LogP contribution >= 0.6 is 0 Å². The molecule has 1 amide bonds. The Balaban J connectivity index is 2.92. The van der Waals surface area contributed by atoms with E-state index < -0.39 is 21.7 Å². The van der Waals surface area contributed by atoms with E-state index in [1.165, 1.54) is 7.11 Å². The predicted octanol–water partition coefficient (Wildman–Crippen LogP) is 1.08. The fourth-order valence-corrected chi connectivity index (χ4v) is 2.38. The number of sulfonamides is 1. The summed E-state index contributed by atoms with van der Waals surface area (Å²) in [7, 11) is -2.53. The Labute approximate surface area is 117 Å². The van der Waals surface area contributed by atoms with Crippen molar-refractivity contribution >= 4 is 21.6 Å². The minimum atomic E-state index is -4.04. The van der Waals surface area contributed by atoms with Gasteiger partial charge in [-0.25, -0.2) is 17.9 Å². The number of amides is 1. The van der Waals surface area contributed by atoms with Gasteiger partial charge in [0.2, 0.25) is 15.9 Å². The highest BCUT2D eigenvalue weighted by molar-refractivity contribution is 7.89. The number of nitrogens with one attached hydrogen (secondary N) is 1. The van der Waals surface area contributed by atoms with Crippen LogP contribution in [0.4, 0.5) is 10.1 Å². The molecule has 0 aromatic heterocycles. The third-order valence-electron chi connectivity index (χ3n) is 2.51. The van der Waals surface area contributed by atoms with Crippen molar-refractivity contribution in [2.45, 2.75) is 18.2 Å². The maximum atomic E-state index is 13.2. The van der Waals surface area contributed by atoms with E-state index in [1.54, 1.807) is 6.92 Å². The molecule has 0 saturated carbocycles. The standard InChI is InChI=1S/C12H17FN2O4S/c1-8(7-19-2)5-12(16)15-10-6-9(13)3-4-11(10)20(14,17)18/h3-4,6,8H,5,7H2,1-2H3,(H,15,16)(H2,14,17,18). The highest BCUT2D eigenvalue weighted by atomic mass is 32.2. The van der Waals surface area contributed by atoms with E-state index in [0.717, 1.165) is 18.2 Å². The number of carbonyl (C=O) groups is 1. The summed E-state index contributed by atoms with van der Waals surface area (Å²) in [5.41, 5.74) is -0.165. The summed E-state index contributed by atoms with van der Waals surface area (Å²) in [6.07, 6.45) is 0.119. The smallest absolute Gasteiger partial charge is 0.240 e. The van der Waals surface area contributed by atoms with Crippen molar-refractivity contribution in [1.29, 1.82) is 0 Å². The van der Waals surface area contributed by atoms with Crippen LogP contribution in [0.2, 0.25) is 0 Å². The summed E-state index contributed by atoms with van der Waals surface area (Å²) < 4.78 is 40.8. The molecule has 1 aromatic carbocycles. The second kappa shape index (κ2) is 6.78. The summed E-state index contributed by atoms with van der Waals surface area (Å²) >= 11 is 0. The first-order valence-electron chi connectivity index (χ1n) is 5.85. The lowest BCUT2D eigenvalue weighted by Crippen LogP contribution is -2.21. The number of rotatable bonds is 6. The molecule has 0 spiro atoms. The second-order valence-corrected chi connectivity index (χ2v) is 6.03. The number of hydrogen-bond donors (Lipinski definition) is 2. The van der Waals surface area contributed by atoms with Gasteiger partial charge in [0.15, 0.2) is 0 Å². The maximum absolute atomic E-state index is 13.2. The molecule has 0 aliphatic rings. The van der Waals surface area contributed by atoms with Crippen molar-refractivity contribution in [3.8, 4) is 0 Å². The van der Waals surface area contributed by atoms with Crippen molar-refractivity contribution in [1.82, 2.24) is 0 Å². The Morgan fingerprint density at radius 2 is 2.15 bits per heavy atom. The third-order valence-corrected chi connectivity index (χ3v) is 3.48. The van der Waals surface area contributed by atoms with Gasteiger partial charge in [-0.05, 0) is 24.1 Å². The molecule has 1 unspecified atom stereocenters. The monoisotopic (exact) mass is 304 g/mol. The predicted molar refractivity (Wildman–Crippen MR) is 72.1 cm³/mol. The van der Waals surface area contributed by atoms with E-state index in [1.807, 2.05) is 0 Å². The SMILES string of the molecule is COCC(C)CC(=O)Nc1cc(F)ccc1S(N)(=O)=O. The van der Waals surface area contributed by atoms with E-state index in [9.17, 15) is 17.6 Å². The normalized spacial score (nSPS) is 13.0. The van der Waals surface area contributed by atoms with E-state index in [4.69, 9.17) is 9.88 Å². The van der Waals surface area contributed by atoms with Crippen LogP contribution in [-0.2, 0) is 19.6 Å². The summed E-state index contributed by atoms with van der Waals surface area (Å²) in [4.78, 5) is 11.4. The topological polar surface area (TPSA) is 98.5 Å². The highest BCUT2D eigenvalue weighted by Gasteiger charge is 2.17. The zero-order valence-corrected chi connectivity index (χ0v) is 12.0. The molecule has 0 aliphatic heterocycles. The van der Waals surface area contributed by atoms with Gasteiger partial charge in [-0.2, -0.15) is 0 Å². The lowest BCUT2D eigenvalue weighted by molar-refractivity contribution is -0.117. The van der Waals surface area contributed by atoms with Gasteiger partial charge in [-0.1, -0.05) is 6.92 Å². The lowest BCUT2D eigenvalue weighted by atomic mass is 10.1. The molecular weight excluding hydrogens is 287 g/mol. The fourth-order valence-electron chi connectivity index (χ4n) is 1.71. The summed E-state index contributed by atoms with van der Waals surface area (Å²) in [5.74, 6) is -1.16. The van der Waals surface area contributed by atoms with E-state index in [0.29, 0.717) is 6.61 Å². The zero-order chi connectivity index (χ0) is 15.3. The molecule has 1 aromatic rings. The number of ether oxygens (including phenoxy) is 1. The Kier molecular flexibility index (Phi) is 5.61. The van der Waals surface area contributed by atoms with Crippen LogP contribution < -0.4 is 10.5 Å². The number of nitrogens with two attached hydrogens (primary N) is 1. The third kappa shape index (κ3) is 4.87. The fraction of sp³-hybridized carbons (Fsp3) is 0.417. The highest BCUT2D eigenvalue weighted by Crippen LogP contribution is 2.21. The molecule has 0 radical (unpaired) electrons.